The van der Waals surface area contributed by atoms with Crippen LogP contribution in [0.5, 0.6) is 0 Å². The minimum atomic E-state index is 0. The van der Waals surface area contributed by atoms with E-state index in [9.17, 15) is 0 Å². The van der Waals surface area contributed by atoms with Gasteiger partial charge in [0.2, 0.25) is 0 Å². The Morgan fingerprint density at radius 1 is 1.50 bits per heavy atom. The van der Waals surface area contributed by atoms with Crippen LogP contribution in [-0.4, -0.2) is 55.2 Å². The van der Waals surface area contributed by atoms with Crippen molar-refractivity contribution in [1.82, 2.24) is 15.2 Å². The van der Waals surface area contributed by atoms with Gasteiger partial charge in [0.05, 0.1) is 19.8 Å². The molecule has 8 heteroatoms. The number of aliphatic imine (C=N–C) groups is 1. The van der Waals surface area contributed by atoms with Crippen LogP contribution in [0.3, 0.4) is 0 Å². The van der Waals surface area contributed by atoms with Gasteiger partial charge in [-0.3, -0.25) is 4.90 Å². The molecule has 0 radical (unpaired) electrons. The molecule has 126 valence electrons. The summed E-state index contributed by atoms with van der Waals surface area (Å²) in [6.07, 6.45) is 4.01. The highest BCUT2D eigenvalue weighted by atomic mass is 127. The first kappa shape index (κ1) is 19.6. The molecule has 0 spiro atoms. The summed E-state index contributed by atoms with van der Waals surface area (Å²) in [7, 11) is 0. The second-order valence-electron chi connectivity index (χ2n) is 5.01. The molecule has 0 unspecified atom stereocenters. The van der Waals surface area contributed by atoms with Gasteiger partial charge in [-0.05, 0) is 19.4 Å². The average molecular weight is 439 g/mol. The first-order chi connectivity index (χ1) is 10.3. The van der Waals surface area contributed by atoms with Gasteiger partial charge in [0.25, 0.3) is 0 Å². The molecule has 0 amide bonds. The summed E-state index contributed by atoms with van der Waals surface area (Å²) in [6.45, 7) is 8.40. The third-order valence-electron chi connectivity index (χ3n) is 3.40. The number of rotatable bonds is 7. The monoisotopic (exact) mass is 439 g/mol. The Morgan fingerprint density at radius 3 is 2.95 bits per heavy atom. The van der Waals surface area contributed by atoms with Crippen molar-refractivity contribution in [2.75, 3.05) is 39.4 Å². The van der Waals surface area contributed by atoms with Crippen molar-refractivity contribution in [3.05, 3.63) is 16.1 Å². The lowest BCUT2D eigenvalue weighted by atomic mass is 10.3. The summed E-state index contributed by atoms with van der Waals surface area (Å²) in [6, 6.07) is 0. The molecule has 2 rings (SSSR count). The molecule has 1 aromatic rings. The molecule has 1 fully saturated rings. The van der Waals surface area contributed by atoms with Gasteiger partial charge in [0.1, 0.15) is 5.01 Å². The van der Waals surface area contributed by atoms with E-state index in [1.807, 2.05) is 6.20 Å². The van der Waals surface area contributed by atoms with Crippen LogP contribution in [-0.2, 0) is 17.7 Å². The standard InChI is InChI=1S/C14H25N5OS.HI/c1-2-12-10-17-13(21-12)11-18-14(15)16-4-3-5-19-6-8-20-9-7-19;/h10H,2-9,11H2,1H3,(H3,15,16,18);1H. The van der Waals surface area contributed by atoms with Crippen LogP contribution >= 0.6 is 35.3 Å². The van der Waals surface area contributed by atoms with Crippen LogP contribution in [0.2, 0.25) is 0 Å². The Kier molecular flexibility index (Phi) is 9.92. The molecule has 6 nitrogen and oxygen atoms in total. The highest BCUT2D eigenvalue weighted by Gasteiger charge is 2.09. The summed E-state index contributed by atoms with van der Waals surface area (Å²) in [5, 5.41) is 4.18. The number of aryl methyl sites for hydroxylation is 1. The Balaban J connectivity index is 0.00000242. The zero-order chi connectivity index (χ0) is 14.9. The van der Waals surface area contributed by atoms with Crippen LogP contribution in [0.25, 0.3) is 0 Å². The molecule has 3 N–H and O–H groups in total. The van der Waals surface area contributed by atoms with Crippen LogP contribution < -0.4 is 11.1 Å². The van der Waals surface area contributed by atoms with E-state index in [-0.39, 0.29) is 24.0 Å². The van der Waals surface area contributed by atoms with Gasteiger partial charge >= 0.3 is 0 Å². The lowest BCUT2D eigenvalue weighted by Crippen LogP contribution is -2.39. The minimum absolute atomic E-state index is 0. The maximum absolute atomic E-state index is 5.86. The average Bonchev–Trinajstić information content (AvgIpc) is 2.99. The van der Waals surface area contributed by atoms with E-state index in [2.05, 4.69) is 27.1 Å². The fourth-order valence-electron chi connectivity index (χ4n) is 2.14. The Morgan fingerprint density at radius 2 is 2.27 bits per heavy atom. The molecular formula is C14H26IN5OS. The Hall–Kier alpha value is -0.450. The van der Waals surface area contributed by atoms with E-state index in [0.29, 0.717) is 12.5 Å². The van der Waals surface area contributed by atoms with Crippen molar-refractivity contribution in [1.29, 1.82) is 0 Å². The molecule has 22 heavy (non-hydrogen) atoms. The van der Waals surface area contributed by atoms with Crippen molar-refractivity contribution < 1.29 is 4.74 Å². The summed E-state index contributed by atoms with van der Waals surface area (Å²) < 4.78 is 5.33. The van der Waals surface area contributed by atoms with E-state index in [4.69, 9.17) is 10.5 Å². The number of thiazole rings is 1. The molecule has 0 aromatic carbocycles. The number of nitrogens with zero attached hydrogens (tertiary/aromatic N) is 3. The van der Waals surface area contributed by atoms with Gasteiger partial charge in [-0.25, -0.2) is 9.98 Å². The zero-order valence-electron chi connectivity index (χ0n) is 13.1. The number of ether oxygens (including phenoxy) is 1. The largest absolute Gasteiger partial charge is 0.379 e. The van der Waals surface area contributed by atoms with Gasteiger partial charge in [-0.2, -0.15) is 0 Å². The number of nitrogens with one attached hydrogen (secondary N) is 1. The lowest BCUT2D eigenvalue weighted by Gasteiger charge is -2.26. The molecule has 2 heterocycles. The van der Waals surface area contributed by atoms with Crippen molar-refractivity contribution in [2.24, 2.45) is 10.7 Å². The Bertz CT molecular complexity index is 448. The number of halogens is 1. The number of nitrogens with two attached hydrogens (primary N) is 1. The molecule has 1 aliphatic rings. The van der Waals surface area contributed by atoms with Gasteiger partial charge in [0, 0.05) is 30.7 Å². The molecule has 1 saturated heterocycles. The number of guanidine groups is 1. The number of hydrogen-bond donors (Lipinski definition) is 2. The summed E-state index contributed by atoms with van der Waals surface area (Å²) in [5.41, 5.74) is 5.86. The predicted octanol–water partition coefficient (Wildman–Crippen LogP) is 1.45. The Labute approximate surface area is 153 Å². The topological polar surface area (TPSA) is 75.8 Å². The third-order valence-corrected chi connectivity index (χ3v) is 4.52. The SMILES string of the molecule is CCc1cnc(CN=C(N)NCCCN2CCOCC2)s1.I. The van der Waals surface area contributed by atoms with E-state index in [1.165, 1.54) is 4.88 Å². The quantitative estimate of drug-likeness (QED) is 0.291. The summed E-state index contributed by atoms with van der Waals surface area (Å²) >= 11 is 1.70. The van der Waals surface area contributed by atoms with E-state index >= 15 is 0 Å². The van der Waals surface area contributed by atoms with Crippen molar-refractivity contribution in [3.8, 4) is 0 Å². The highest BCUT2D eigenvalue weighted by Crippen LogP contribution is 2.13. The smallest absolute Gasteiger partial charge is 0.189 e. The molecule has 1 aromatic heterocycles. The van der Waals surface area contributed by atoms with Crippen molar-refractivity contribution in [3.63, 3.8) is 0 Å². The fourth-order valence-corrected chi connectivity index (χ4v) is 2.92. The second-order valence-corrected chi connectivity index (χ2v) is 6.21. The van der Waals surface area contributed by atoms with Crippen LogP contribution in [0.1, 0.15) is 23.2 Å². The van der Waals surface area contributed by atoms with E-state index < -0.39 is 0 Å². The van der Waals surface area contributed by atoms with Crippen molar-refractivity contribution >= 4 is 41.3 Å². The van der Waals surface area contributed by atoms with Crippen molar-refractivity contribution in [2.45, 2.75) is 26.3 Å². The zero-order valence-corrected chi connectivity index (χ0v) is 16.2. The fraction of sp³-hybridized carbons (Fsp3) is 0.714. The summed E-state index contributed by atoms with van der Waals surface area (Å²) in [4.78, 5) is 12.4. The maximum atomic E-state index is 5.86. The third kappa shape index (κ3) is 7.21. The van der Waals surface area contributed by atoms with Crippen LogP contribution in [0.4, 0.5) is 0 Å². The van der Waals surface area contributed by atoms with Crippen LogP contribution in [0.15, 0.2) is 11.2 Å². The molecule has 1 aliphatic heterocycles. The van der Waals surface area contributed by atoms with Gasteiger partial charge in [-0.15, -0.1) is 35.3 Å². The van der Waals surface area contributed by atoms with Gasteiger partial charge in [-0.1, -0.05) is 6.92 Å². The molecule has 0 atom stereocenters. The number of aromatic nitrogens is 1. The van der Waals surface area contributed by atoms with Gasteiger partial charge in [0.15, 0.2) is 5.96 Å². The summed E-state index contributed by atoms with van der Waals surface area (Å²) in [5.74, 6) is 0.505. The van der Waals surface area contributed by atoms with E-state index in [1.54, 1.807) is 11.3 Å². The second kappa shape index (κ2) is 11.1. The maximum Gasteiger partial charge on any atom is 0.189 e. The molecular weight excluding hydrogens is 413 g/mol. The molecule has 0 aliphatic carbocycles. The highest BCUT2D eigenvalue weighted by molar-refractivity contribution is 14.0. The van der Waals surface area contributed by atoms with E-state index in [0.717, 1.165) is 57.2 Å². The van der Waals surface area contributed by atoms with Crippen LogP contribution in [0, 0.1) is 0 Å². The first-order valence-corrected chi connectivity index (χ1v) is 8.37. The number of hydrogen-bond acceptors (Lipinski definition) is 5. The molecule has 0 saturated carbocycles. The molecule has 0 bridgehead atoms. The lowest BCUT2D eigenvalue weighted by molar-refractivity contribution is 0.0376. The normalized spacial score (nSPS) is 16.3. The minimum Gasteiger partial charge on any atom is -0.379 e. The predicted molar refractivity (Wildman–Crippen MR) is 102 cm³/mol. The van der Waals surface area contributed by atoms with Gasteiger partial charge < -0.3 is 15.8 Å². The number of morpholine rings is 1. The first-order valence-electron chi connectivity index (χ1n) is 7.55.